The number of anilines is 1. The maximum Gasteiger partial charge on any atom is 0.339 e. The molecule has 1 atom stereocenters. The third kappa shape index (κ3) is 3.20. The number of nitrogens with one attached hydrogen (secondary N) is 1. The summed E-state index contributed by atoms with van der Waals surface area (Å²) in [5.41, 5.74) is 1.67. The highest BCUT2D eigenvalue weighted by Crippen LogP contribution is 2.19. The first-order chi connectivity index (χ1) is 8.66. The predicted octanol–water partition coefficient (Wildman–Crippen LogP) is 1.93. The number of aromatic carboxylic acids is 1. The number of carboxylic acids is 1. The lowest BCUT2D eigenvalue weighted by molar-refractivity contribution is 0.0595. The Labute approximate surface area is 106 Å². The summed E-state index contributed by atoms with van der Waals surface area (Å²) in [7, 11) is 0. The summed E-state index contributed by atoms with van der Waals surface area (Å²) < 4.78 is 5.40. The van der Waals surface area contributed by atoms with E-state index in [2.05, 4.69) is 10.3 Å². The van der Waals surface area contributed by atoms with Crippen LogP contribution in [0.3, 0.4) is 0 Å². The average molecular weight is 250 g/mol. The molecular formula is C13H18N2O3. The van der Waals surface area contributed by atoms with E-state index in [1.807, 2.05) is 6.92 Å². The van der Waals surface area contributed by atoms with Crippen LogP contribution in [0.4, 0.5) is 5.69 Å². The quantitative estimate of drug-likeness (QED) is 0.854. The zero-order valence-corrected chi connectivity index (χ0v) is 10.5. The van der Waals surface area contributed by atoms with E-state index < -0.39 is 5.97 Å². The molecule has 1 aliphatic rings. The maximum absolute atomic E-state index is 11.1. The van der Waals surface area contributed by atoms with Crippen LogP contribution in [0.25, 0.3) is 0 Å². The summed E-state index contributed by atoms with van der Waals surface area (Å²) in [6.45, 7) is 4.18. The van der Waals surface area contributed by atoms with Gasteiger partial charge in [-0.05, 0) is 31.7 Å². The van der Waals surface area contributed by atoms with Crippen molar-refractivity contribution in [2.24, 2.45) is 5.92 Å². The van der Waals surface area contributed by atoms with Crippen molar-refractivity contribution in [1.82, 2.24) is 4.98 Å². The van der Waals surface area contributed by atoms with Crippen LogP contribution in [0, 0.1) is 12.8 Å². The topological polar surface area (TPSA) is 71.5 Å². The highest BCUT2D eigenvalue weighted by molar-refractivity contribution is 5.93. The minimum atomic E-state index is -0.954. The summed E-state index contributed by atoms with van der Waals surface area (Å²) in [6.07, 6.45) is 3.60. The van der Waals surface area contributed by atoms with Gasteiger partial charge in [-0.15, -0.1) is 0 Å². The highest BCUT2D eigenvalue weighted by Gasteiger charge is 2.16. The Morgan fingerprint density at radius 1 is 1.67 bits per heavy atom. The standard InChI is InChI=1S/C13H18N2O3/c1-9-5-12(11(7-14-9)13(16)17)15-6-10-3-2-4-18-8-10/h5,7,10H,2-4,6,8H2,1H3,(H,14,15)(H,16,17). The number of hydrogen-bond donors (Lipinski definition) is 2. The molecule has 0 amide bonds. The number of aromatic nitrogens is 1. The lowest BCUT2D eigenvalue weighted by atomic mass is 10.0. The number of ether oxygens (including phenoxy) is 1. The van der Waals surface area contributed by atoms with Crippen LogP contribution in [0.1, 0.15) is 28.9 Å². The van der Waals surface area contributed by atoms with Gasteiger partial charge in [0.2, 0.25) is 0 Å². The minimum Gasteiger partial charge on any atom is -0.478 e. The molecule has 1 aromatic heterocycles. The van der Waals surface area contributed by atoms with E-state index in [9.17, 15) is 4.79 Å². The van der Waals surface area contributed by atoms with Gasteiger partial charge in [0.15, 0.2) is 0 Å². The first-order valence-electron chi connectivity index (χ1n) is 6.18. The second-order valence-corrected chi connectivity index (χ2v) is 4.64. The normalized spacial score (nSPS) is 19.5. The molecule has 0 aromatic carbocycles. The Morgan fingerprint density at radius 3 is 3.17 bits per heavy atom. The Kier molecular flexibility index (Phi) is 4.15. The highest BCUT2D eigenvalue weighted by atomic mass is 16.5. The molecule has 1 saturated heterocycles. The van der Waals surface area contributed by atoms with Gasteiger partial charge in [0.05, 0.1) is 12.3 Å². The number of aryl methyl sites for hydroxylation is 1. The summed E-state index contributed by atoms with van der Waals surface area (Å²) in [5.74, 6) is -0.501. The molecule has 98 valence electrons. The Balaban J connectivity index is 2.03. The second-order valence-electron chi connectivity index (χ2n) is 4.64. The number of hydrogen-bond acceptors (Lipinski definition) is 4. The largest absolute Gasteiger partial charge is 0.478 e. The Bertz CT molecular complexity index is 428. The van der Waals surface area contributed by atoms with E-state index in [4.69, 9.17) is 9.84 Å². The van der Waals surface area contributed by atoms with E-state index in [1.165, 1.54) is 6.20 Å². The molecular weight excluding hydrogens is 232 g/mol. The molecule has 0 radical (unpaired) electrons. The van der Waals surface area contributed by atoms with Crippen molar-refractivity contribution in [1.29, 1.82) is 0 Å². The molecule has 5 nitrogen and oxygen atoms in total. The minimum absolute atomic E-state index is 0.220. The van der Waals surface area contributed by atoms with Gasteiger partial charge in [-0.25, -0.2) is 4.79 Å². The van der Waals surface area contributed by atoms with Crippen molar-refractivity contribution in [3.05, 3.63) is 23.5 Å². The summed E-state index contributed by atoms with van der Waals surface area (Å²) >= 11 is 0. The third-order valence-corrected chi connectivity index (χ3v) is 3.11. The van der Waals surface area contributed by atoms with Crippen LogP contribution in [0.5, 0.6) is 0 Å². The van der Waals surface area contributed by atoms with Crippen molar-refractivity contribution in [2.45, 2.75) is 19.8 Å². The first kappa shape index (κ1) is 12.8. The van der Waals surface area contributed by atoms with Crippen LogP contribution in [-0.2, 0) is 4.74 Å². The third-order valence-electron chi connectivity index (χ3n) is 3.11. The fraction of sp³-hybridized carbons (Fsp3) is 0.538. The molecule has 0 bridgehead atoms. The van der Waals surface area contributed by atoms with Crippen LogP contribution in [-0.4, -0.2) is 35.8 Å². The number of carboxylic acid groups (broad SMARTS) is 1. The average Bonchev–Trinajstić information content (AvgIpc) is 2.37. The molecule has 1 aliphatic heterocycles. The number of nitrogens with zero attached hydrogens (tertiary/aromatic N) is 1. The van der Waals surface area contributed by atoms with Crippen LogP contribution >= 0.6 is 0 Å². The van der Waals surface area contributed by atoms with E-state index in [1.54, 1.807) is 6.07 Å². The van der Waals surface area contributed by atoms with Gasteiger partial charge < -0.3 is 15.2 Å². The van der Waals surface area contributed by atoms with Crippen molar-refractivity contribution < 1.29 is 14.6 Å². The lowest BCUT2D eigenvalue weighted by Gasteiger charge is -2.23. The molecule has 2 rings (SSSR count). The summed E-state index contributed by atoms with van der Waals surface area (Å²) in [6, 6.07) is 1.77. The summed E-state index contributed by atoms with van der Waals surface area (Å²) in [5, 5.41) is 12.3. The first-order valence-corrected chi connectivity index (χ1v) is 6.18. The molecule has 2 heterocycles. The van der Waals surface area contributed by atoms with Crippen LogP contribution in [0.15, 0.2) is 12.3 Å². The molecule has 1 fully saturated rings. The fourth-order valence-corrected chi connectivity index (χ4v) is 2.10. The Morgan fingerprint density at radius 2 is 2.50 bits per heavy atom. The van der Waals surface area contributed by atoms with Crippen LogP contribution < -0.4 is 5.32 Å². The van der Waals surface area contributed by atoms with E-state index >= 15 is 0 Å². The number of pyridine rings is 1. The monoisotopic (exact) mass is 250 g/mol. The van der Waals surface area contributed by atoms with Gasteiger partial charge in [-0.1, -0.05) is 0 Å². The van der Waals surface area contributed by atoms with Crippen molar-refractivity contribution in [3.63, 3.8) is 0 Å². The SMILES string of the molecule is Cc1cc(NCC2CCCOC2)c(C(=O)O)cn1. The molecule has 1 unspecified atom stereocenters. The van der Waals surface area contributed by atoms with Gasteiger partial charge in [0.25, 0.3) is 0 Å². The van der Waals surface area contributed by atoms with Gasteiger partial charge in [-0.3, -0.25) is 4.98 Å². The van der Waals surface area contributed by atoms with Crippen molar-refractivity contribution in [3.8, 4) is 0 Å². The molecule has 2 N–H and O–H groups in total. The zero-order valence-electron chi connectivity index (χ0n) is 10.5. The number of rotatable bonds is 4. The number of carbonyl (C=O) groups is 1. The van der Waals surface area contributed by atoms with E-state index in [0.29, 0.717) is 11.6 Å². The fourth-order valence-electron chi connectivity index (χ4n) is 2.10. The van der Waals surface area contributed by atoms with Gasteiger partial charge >= 0.3 is 5.97 Å². The van der Waals surface area contributed by atoms with Crippen molar-refractivity contribution in [2.75, 3.05) is 25.1 Å². The van der Waals surface area contributed by atoms with E-state index in [0.717, 1.165) is 38.3 Å². The lowest BCUT2D eigenvalue weighted by Crippen LogP contribution is -2.25. The van der Waals surface area contributed by atoms with Gasteiger partial charge in [-0.2, -0.15) is 0 Å². The predicted molar refractivity (Wildman–Crippen MR) is 68.0 cm³/mol. The van der Waals surface area contributed by atoms with Crippen molar-refractivity contribution >= 4 is 11.7 Å². The second kappa shape index (κ2) is 5.82. The Hall–Kier alpha value is -1.62. The molecule has 0 saturated carbocycles. The molecule has 18 heavy (non-hydrogen) atoms. The van der Waals surface area contributed by atoms with E-state index in [-0.39, 0.29) is 5.56 Å². The molecule has 0 spiro atoms. The maximum atomic E-state index is 11.1. The van der Waals surface area contributed by atoms with Gasteiger partial charge in [0.1, 0.15) is 5.56 Å². The summed E-state index contributed by atoms with van der Waals surface area (Å²) in [4.78, 5) is 15.1. The van der Waals surface area contributed by atoms with Gasteiger partial charge in [0, 0.05) is 25.0 Å². The molecule has 0 aliphatic carbocycles. The van der Waals surface area contributed by atoms with Crippen LogP contribution in [0.2, 0.25) is 0 Å². The smallest absolute Gasteiger partial charge is 0.339 e. The molecule has 5 heteroatoms. The molecule has 1 aromatic rings. The zero-order chi connectivity index (χ0) is 13.0.